The van der Waals surface area contributed by atoms with Gasteiger partial charge in [-0.15, -0.1) is 0 Å². The summed E-state index contributed by atoms with van der Waals surface area (Å²) in [6.45, 7) is 2.09. The van der Waals surface area contributed by atoms with Crippen LogP contribution >= 0.6 is 0 Å². The summed E-state index contributed by atoms with van der Waals surface area (Å²) >= 11 is 0. The predicted octanol–water partition coefficient (Wildman–Crippen LogP) is 3.39. The Bertz CT molecular complexity index is 738. The SMILES string of the molecule is O=C(Nc1ccc(F)cc1)C(=O)Nc1ccc(N2CCCCC2)cc1. The summed E-state index contributed by atoms with van der Waals surface area (Å²) in [5.41, 5.74) is 2.04. The van der Waals surface area contributed by atoms with Crippen LogP contribution in [-0.4, -0.2) is 24.9 Å². The number of hydrogen-bond donors (Lipinski definition) is 2. The number of benzene rings is 2. The summed E-state index contributed by atoms with van der Waals surface area (Å²) in [4.78, 5) is 26.2. The first kappa shape index (κ1) is 17.0. The lowest BCUT2D eigenvalue weighted by molar-refractivity contribution is -0.132. The van der Waals surface area contributed by atoms with E-state index in [1.54, 1.807) is 12.1 Å². The van der Waals surface area contributed by atoms with Crippen LogP contribution in [0.4, 0.5) is 21.5 Å². The second-order valence-electron chi connectivity index (χ2n) is 6.01. The maximum absolute atomic E-state index is 12.8. The third-order valence-electron chi connectivity index (χ3n) is 4.15. The van der Waals surface area contributed by atoms with Crippen molar-refractivity contribution in [2.45, 2.75) is 19.3 Å². The van der Waals surface area contributed by atoms with Crippen LogP contribution in [0.2, 0.25) is 0 Å². The van der Waals surface area contributed by atoms with Gasteiger partial charge in [0.1, 0.15) is 5.82 Å². The lowest BCUT2D eigenvalue weighted by Crippen LogP contribution is -2.30. The van der Waals surface area contributed by atoms with Crippen LogP contribution in [0, 0.1) is 5.82 Å². The van der Waals surface area contributed by atoms with Crippen molar-refractivity contribution < 1.29 is 14.0 Å². The number of halogens is 1. The maximum atomic E-state index is 12.8. The first-order valence-corrected chi connectivity index (χ1v) is 8.35. The van der Waals surface area contributed by atoms with Crippen molar-refractivity contribution in [1.82, 2.24) is 0 Å². The van der Waals surface area contributed by atoms with Gasteiger partial charge in [-0.2, -0.15) is 0 Å². The number of piperidine rings is 1. The van der Waals surface area contributed by atoms with Crippen molar-refractivity contribution in [3.8, 4) is 0 Å². The second kappa shape index (κ2) is 7.79. The highest BCUT2D eigenvalue weighted by Gasteiger charge is 2.15. The monoisotopic (exact) mass is 341 g/mol. The number of rotatable bonds is 3. The molecule has 0 unspecified atom stereocenters. The summed E-state index contributed by atoms with van der Waals surface area (Å²) in [6.07, 6.45) is 3.66. The number of carbonyl (C=O) groups excluding carboxylic acids is 2. The van der Waals surface area contributed by atoms with Crippen molar-refractivity contribution in [2.24, 2.45) is 0 Å². The average molecular weight is 341 g/mol. The molecule has 1 aliphatic heterocycles. The number of nitrogens with zero attached hydrogens (tertiary/aromatic N) is 1. The van der Waals surface area contributed by atoms with Crippen molar-refractivity contribution in [3.05, 3.63) is 54.3 Å². The fourth-order valence-electron chi connectivity index (χ4n) is 2.82. The Morgan fingerprint density at radius 1 is 0.760 bits per heavy atom. The van der Waals surface area contributed by atoms with E-state index in [-0.39, 0.29) is 0 Å². The summed E-state index contributed by atoms with van der Waals surface area (Å²) in [5.74, 6) is -1.97. The Morgan fingerprint density at radius 3 is 1.76 bits per heavy atom. The molecule has 2 amide bonds. The molecule has 2 N–H and O–H groups in total. The molecule has 0 saturated carbocycles. The molecule has 0 aliphatic carbocycles. The third kappa shape index (κ3) is 4.56. The summed E-state index contributed by atoms with van der Waals surface area (Å²) in [6, 6.07) is 12.7. The Kier molecular flexibility index (Phi) is 5.28. The summed E-state index contributed by atoms with van der Waals surface area (Å²) in [7, 11) is 0. The summed E-state index contributed by atoms with van der Waals surface area (Å²) < 4.78 is 12.8. The van der Waals surface area contributed by atoms with Crippen molar-refractivity contribution in [1.29, 1.82) is 0 Å². The standard InChI is InChI=1S/C19H20FN3O2/c20-14-4-6-15(7-5-14)21-18(24)19(25)22-16-8-10-17(11-9-16)23-12-2-1-3-13-23/h4-11H,1-3,12-13H2,(H,21,24)(H,22,25). The minimum Gasteiger partial charge on any atom is -0.372 e. The van der Waals surface area contributed by atoms with Crippen LogP contribution < -0.4 is 15.5 Å². The van der Waals surface area contributed by atoms with Crippen LogP contribution in [0.5, 0.6) is 0 Å². The molecular formula is C19H20FN3O2. The lowest BCUT2D eigenvalue weighted by Gasteiger charge is -2.28. The van der Waals surface area contributed by atoms with Crippen molar-refractivity contribution in [2.75, 3.05) is 28.6 Å². The molecule has 1 saturated heterocycles. The van der Waals surface area contributed by atoms with E-state index < -0.39 is 17.6 Å². The highest BCUT2D eigenvalue weighted by atomic mass is 19.1. The van der Waals surface area contributed by atoms with Gasteiger partial charge in [-0.3, -0.25) is 9.59 Å². The van der Waals surface area contributed by atoms with E-state index in [2.05, 4.69) is 15.5 Å². The molecule has 1 aliphatic rings. The molecule has 25 heavy (non-hydrogen) atoms. The predicted molar refractivity (Wildman–Crippen MR) is 96.2 cm³/mol. The first-order chi connectivity index (χ1) is 12.1. The van der Waals surface area contributed by atoms with E-state index in [4.69, 9.17) is 0 Å². The van der Waals surface area contributed by atoms with Gasteiger partial charge in [0.2, 0.25) is 0 Å². The molecule has 1 heterocycles. The fourth-order valence-corrected chi connectivity index (χ4v) is 2.82. The number of carbonyl (C=O) groups is 2. The van der Waals surface area contributed by atoms with Crippen LogP contribution in [0.1, 0.15) is 19.3 Å². The molecule has 0 atom stereocenters. The molecule has 3 rings (SSSR count). The van der Waals surface area contributed by atoms with E-state index in [9.17, 15) is 14.0 Å². The van der Waals surface area contributed by atoms with E-state index in [1.807, 2.05) is 12.1 Å². The molecule has 2 aromatic rings. The Morgan fingerprint density at radius 2 is 1.24 bits per heavy atom. The van der Waals surface area contributed by atoms with Gasteiger partial charge in [0.05, 0.1) is 0 Å². The Hall–Kier alpha value is -2.89. The topological polar surface area (TPSA) is 61.4 Å². The van der Waals surface area contributed by atoms with Gasteiger partial charge >= 0.3 is 11.8 Å². The third-order valence-corrected chi connectivity index (χ3v) is 4.15. The quantitative estimate of drug-likeness (QED) is 0.841. The van der Waals surface area contributed by atoms with E-state index in [1.165, 1.54) is 43.5 Å². The zero-order valence-corrected chi connectivity index (χ0v) is 13.8. The normalized spacial score (nSPS) is 14.0. The molecule has 2 aromatic carbocycles. The lowest BCUT2D eigenvalue weighted by atomic mass is 10.1. The average Bonchev–Trinajstić information content (AvgIpc) is 2.65. The number of amides is 2. The molecule has 0 radical (unpaired) electrons. The van der Waals surface area contributed by atoms with Crippen LogP contribution in [0.15, 0.2) is 48.5 Å². The zero-order valence-electron chi connectivity index (χ0n) is 13.8. The van der Waals surface area contributed by atoms with Crippen LogP contribution in [-0.2, 0) is 9.59 Å². The van der Waals surface area contributed by atoms with Crippen molar-refractivity contribution >= 4 is 28.9 Å². The minimum absolute atomic E-state index is 0.363. The molecule has 0 bridgehead atoms. The molecule has 6 heteroatoms. The molecule has 0 spiro atoms. The molecule has 5 nitrogen and oxygen atoms in total. The summed E-state index contributed by atoms with van der Waals surface area (Å²) in [5, 5.41) is 4.99. The van der Waals surface area contributed by atoms with E-state index in [0.717, 1.165) is 18.8 Å². The molecule has 1 fully saturated rings. The van der Waals surface area contributed by atoms with Crippen LogP contribution in [0.3, 0.4) is 0 Å². The fraction of sp³-hybridized carbons (Fsp3) is 0.263. The van der Waals surface area contributed by atoms with Crippen LogP contribution in [0.25, 0.3) is 0 Å². The molecule has 0 aromatic heterocycles. The van der Waals surface area contributed by atoms with Crippen molar-refractivity contribution in [3.63, 3.8) is 0 Å². The number of nitrogens with one attached hydrogen (secondary N) is 2. The number of hydrogen-bond acceptors (Lipinski definition) is 3. The number of anilines is 3. The molecule has 130 valence electrons. The maximum Gasteiger partial charge on any atom is 0.314 e. The Balaban J connectivity index is 1.56. The van der Waals surface area contributed by atoms with Gasteiger partial charge < -0.3 is 15.5 Å². The highest BCUT2D eigenvalue weighted by Crippen LogP contribution is 2.21. The van der Waals surface area contributed by atoms with Gasteiger partial charge in [-0.25, -0.2) is 4.39 Å². The smallest absolute Gasteiger partial charge is 0.314 e. The zero-order chi connectivity index (χ0) is 17.6. The van der Waals surface area contributed by atoms with Gasteiger partial charge in [-0.05, 0) is 67.8 Å². The van der Waals surface area contributed by atoms with Gasteiger partial charge in [-0.1, -0.05) is 0 Å². The van der Waals surface area contributed by atoms with Gasteiger partial charge in [0.25, 0.3) is 0 Å². The highest BCUT2D eigenvalue weighted by molar-refractivity contribution is 6.43. The minimum atomic E-state index is -0.799. The largest absolute Gasteiger partial charge is 0.372 e. The second-order valence-corrected chi connectivity index (χ2v) is 6.01. The van der Waals surface area contributed by atoms with E-state index in [0.29, 0.717) is 11.4 Å². The van der Waals surface area contributed by atoms with Gasteiger partial charge in [0, 0.05) is 30.2 Å². The first-order valence-electron chi connectivity index (χ1n) is 8.35. The van der Waals surface area contributed by atoms with Gasteiger partial charge in [0.15, 0.2) is 0 Å². The van der Waals surface area contributed by atoms with E-state index >= 15 is 0 Å². The molecular weight excluding hydrogens is 321 g/mol. The Labute approximate surface area is 145 Å².